The van der Waals surface area contributed by atoms with Gasteiger partial charge in [-0.1, -0.05) is 34.1 Å². The Hall–Kier alpha value is -2.04. The Labute approximate surface area is 178 Å². The van der Waals surface area contributed by atoms with Crippen LogP contribution in [0, 0.1) is 6.92 Å². The number of H-pyrrole nitrogens is 1. The van der Waals surface area contributed by atoms with Gasteiger partial charge in [-0.15, -0.1) is 10.2 Å². The van der Waals surface area contributed by atoms with Gasteiger partial charge >= 0.3 is 0 Å². The molecule has 3 N–H and O–H groups in total. The lowest BCUT2D eigenvalue weighted by Gasteiger charge is -2.06. The van der Waals surface area contributed by atoms with Crippen molar-refractivity contribution in [3.63, 3.8) is 0 Å². The first-order valence-corrected chi connectivity index (χ1v) is 10.1. The first-order chi connectivity index (χ1) is 13.0. The second kappa shape index (κ2) is 7.17. The van der Waals surface area contributed by atoms with E-state index in [2.05, 4.69) is 78.5 Å². The normalized spacial score (nSPS) is 11.7. The number of aromatic nitrogens is 4. The van der Waals surface area contributed by atoms with Crippen molar-refractivity contribution >= 4 is 82.0 Å². The van der Waals surface area contributed by atoms with E-state index in [0.717, 1.165) is 20.9 Å². The van der Waals surface area contributed by atoms with Gasteiger partial charge in [0.2, 0.25) is 0 Å². The highest BCUT2D eigenvalue weighted by molar-refractivity contribution is 9.11. The van der Waals surface area contributed by atoms with E-state index in [1.807, 2.05) is 25.1 Å². The summed E-state index contributed by atoms with van der Waals surface area (Å²) in [5.41, 5.74) is 6.89. The molecule has 0 atom stereocenters. The topological polar surface area (TPSA) is 99.1 Å². The molecule has 0 aliphatic carbocycles. The zero-order valence-corrected chi connectivity index (χ0v) is 18.5. The third-order valence-electron chi connectivity index (χ3n) is 4.00. The number of nitrogens with one attached hydrogen (secondary N) is 2. The van der Waals surface area contributed by atoms with Crippen LogP contribution in [-0.4, -0.2) is 31.5 Å². The third-order valence-corrected chi connectivity index (χ3v) is 6.06. The summed E-state index contributed by atoms with van der Waals surface area (Å²) in [5, 5.41) is 23.5. The molecule has 27 heavy (non-hydrogen) atoms. The van der Waals surface area contributed by atoms with Crippen molar-refractivity contribution in [1.82, 2.24) is 20.2 Å². The monoisotopic (exact) mass is 552 g/mol. The molecule has 2 aromatic heterocycles. The maximum absolute atomic E-state index is 10.0. The number of hydrogen-bond acceptors (Lipinski definition) is 6. The van der Waals surface area contributed by atoms with Crippen molar-refractivity contribution in [3.05, 3.63) is 48.8 Å². The fourth-order valence-electron chi connectivity index (χ4n) is 2.66. The summed E-state index contributed by atoms with van der Waals surface area (Å²) in [5.74, 6) is 0.351. The molecule has 10 heteroatoms. The van der Waals surface area contributed by atoms with Crippen LogP contribution in [0.5, 0.6) is 5.75 Å². The molecule has 136 valence electrons. The summed E-state index contributed by atoms with van der Waals surface area (Å²) in [6.07, 6.45) is 1.54. The van der Waals surface area contributed by atoms with Crippen molar-refractivity contribution in [1.29, 1.82) is 0 Å². The van der Waals surface area contributed by atoms with E-state index in [9.17, 15) is 5.11 Å². The number of para-hydroxylation sites is 1. The quantitative estimate of drug-likeness (QED) is 0.237. The number of benzene rings is 2. The van der Waals surface area contributed by atoms with Gasteiger partial charge in [-0.2, -0.15) is 10.1 Å². The number of phenols is 1. The second-order valence-electron chi connectivity index (χ2n) is 5.74. The number of fused-ring (bicyclic) bond motifs is 3. The molecule has 0 aliphatic rings. The van der Waals surface area contributed by atoms with Gasteiger partial charge in [0.05, 0.1) is 20.7 Å². The van der Waals surface area contributed by atoms with Gasteiger partial charge in [-0.25, -0.2) is 5.43 Å². The van der Waals surface area contributed by atoms with Gasteiger partial charge in [0, 0.05) is 15.4 Å². The van der Waals surface area contributed by atoms with E-state index in [1.54, 1.807) is 12.3 Å². The Morgan fingerprint density at radius 3 is 2.81 bits per heavy atom. The fourth-order valence-corrected chi connectivity index (χ4v) is 4.98. The van der Waals surface area contributed by atoms with Gasteiger partial charge in [0.15, 0.2) is 5.65 Å². The summed E-state index contributed by atoms with van der Waals surface area (Å²) < 4.78 is 1.83. The van der Waals surface area contributed by atoms with Crippen LogP contribution in [0.3, 0.4) is 0 Å². The third kappa shape index (κ3) is 3.32. The van der Waals surface area contributed by atoms with E-state index < -0.39 is 0 Å². The molecule has 0 bridgehead atoms. The lowest BCUT2D eigenvalue weighted by atomic mass is 10.1. The maximum Gasteiger partial charge on any atom is 0.265 e. The van der Waals surface area contributed by atoms with Crippen LogP contribution in [0.15, 0.2) is 42.8 Å². The van der Waals surface area contributed by atoms with Crippen molar-refractivity contribution in [2.75, 3.05) is 5.43 Å². The largest absolute Gasteiger partial charge is 0.506 e. The molecule has 0 radical (unpaired) electrons. The number of nitrogens with zero attached hydrogens (tertiary/aromatic N) is 4. The molecular formula is C17H11Br3N6O. The predicted octanol–water partition coefficient (Wildman–Crippen LogP) is 5.25. The molecule has 0 unspecified atom stereocenters. The van der Waals surface area contributed by atoms with Crippen LogP contribution in [0.1, 0.15) is 11.1 Å². The standard InChI is InChI=1S/C17H11Br3N6O/c1-7-3-2-4-8-13(7)22-16-14(8)24-26-17(23-16)25-21-6-9-10(18)5-11(19)15(27)12(9)20/h2-6,27H,1H3,(H2,22,23,25,26)/b21-6-. The average molecular weight is 555 g/mol. The molecule has 7 nitrogen and oxygen atoms in total. The highest BCUT2D eigenvalue weighted by atomic mass is 79.9. The first kappa shape index (κ1) is 18.3. The molecule has 0 amide bonds. The molecule has 0 spiro atoms. The number of aromatic amines is 1. The van der Waals surface area contributed by atoms with Gasteiger partial charge < -0.3 is 10.1 Å². The Balaban J connectivity index is 1.65. The first-order valence-electron chi connectivity index (χ1n) is 7.73. The summed E-state index contributed by atoms with van der Waals surface area (Å²) in [6, 6.07) is 7.72. The fraction of sp³-hybridized carbons (Fsp3) is 0.0588. The highest BCUT2D eigenvalue weighted by Gasteiger charge is 2.12. The Kier molecular flexibility index (Phi) is 4.87. The molecule has 0 aliphatic heterocycles. The Morgan fingerprint density at radius 2 is 2.00 bits per heavy atom. The Morgan fingerprint density at radius 1 is 1.19 bits per heavy atom. The van der Waals surface area contributed by atoms with Gasteiger partial charge in [-0.3, -0.25) is 0 Å². The average Bonchev–Trinajstić information content (AvgIpc) is 3.02. The molecule has 4 rings (SSSR count). The number of phenolic OH excluding ortho intramolecular Hbond substituents is 1. The number of hydrogen-bond donors (Lipinski definition) is 3. The molecule has 4 aromatic rings. The van der Waals surface area contributed by atoms with Crippen molar-refractivity contribution in [2.45, 2.75) is 6.92 Å². The van der Waals surface area contributed by atoms with Crippen LogP contribution < -0.4 is 5.43 Å². The molecule has 0 saturated carbocycles. The van der Waals surface area contributed by atoms with Crippen LogP contribution in [-0.2, 0) is 0 Å². The molecular weight excluding hydrogens is 544 g/mol. The van der Waals surface area contributed by atoms with E-state index in [0.29, 0.717) is 25.7 Å². The van der Waals surface area contributed by atoms with Crippen LogP contribution in [0.2, 0.25) is 0 Å². The SMILES string of the molecule is Cc1cccc2c1[nH]c1nc(N/N=C\c3c(Br)cc(Br)c(O)c3Br)nnc12. The minimum Gasteiger partial charge on any atom is -0.506 e. The minimum absolute atomic E-state index is 0.0902. The molecule has 2 aromatic carbocycles. The summed E-state index contributed by atoms with van der Waals surface area (Å²) in [4.78, 5) is 7.69. The summed E-state index contributed by atoms with van der Waals surface area (Å²) >= 11 is 10.1. The van der Waals surface area contributed by atoms with E-state index >= 15 is 0 Å². The maximum atomic E-state index is 10.0. The number of anilines is 1. The van der Waals surface area contributed by atoms with E-state index in [1.165, 1.54) is 0 Å². The van der Waals surface area contributed by atoms with Crippen LogP contribution in [0.25, 0.3) is 22.1 Å². The van der Waals surface area contributed by atoms with Gasteiger partial charge in [-0.05, 0) is 50.4 Å². The number of hydrazone groups is 1. The summed E-state index contributed by atoms with van der Waals surface area (Å²) in [7, 11) is 0. The van der Waals surface area contributed by atoms with Crippen LogP contribution in [0.4, 0.5) is 5.95 Å². The highest BCUT2D eigenvalue weighted by Crippen LogP contribution is 2.38. The van der Waals surface area contributed by atoms with Crippen molar-refractivity contribution < 1.29 is 5.11 Å². The zero-order chi connectivity index (χ0) is 19.1. The number of rotatable bonds is 3. The Bertz CT molecular complexity index is 1220. The molecule has 0 saturated heterocycles. The predicted molar refractivity (Wildman–Crippen MR) is 116 cm³/mol. The number of aromatic hydroxyl groups is 1. The lowest BCUT2D eigenvalue weighted by Crippen LogP contribution is -1.99. The minimum atomic E-state index is 0.0902. The lowest BCUT2D eigenvalue weighted by molar-refractivity contribution is 0.468. The van der Waals surface area contributed by atoms with E-state index in [4.69, 9.17) is 0 Å². The van der Waals surface area contributed by atoms with Crippen LogP contribution >= 0.6 is 47.8 Å². The zero-order valence-electron chi connectivity index (χ0n) is 13.8. The second-order valence-corrected chi connectivity index (χ2v) is 8.24. The van der Waals surface area contributed by atoms with Gasteiger partial charge in [0.1, 0.15) is 11.3 Å². The van der Waals surface area contributed by atoms with E-state index in [-0.39, 0.29) is 11.7 Å². The molecule has 0 fully saturated rings. The smallest absolute Gasteiger partial charge is 0.265 e. The number of halogens is 3. The number of aryl methyl sites for hydroxylation is 1. The van der Waals surface area contributed by atoms with Gasteiger partial charge in [0.25, 0.3) is 5.95 Å². The van der Waals surface area contributed by atoms with Crippen molar-refractivity contribution in [3.8, 4) is 5.75 Å². The molecule has 2 heterocycles. The van der Waals surface area contributed by atoms with Crippen molar-refractivity contribution in [2.24, 2.45) is 5.10 Å². The summed E-state index contributed by atoms with van der Waals surface area (Å²) in [6.45, 7) is 2.03.